The highest BCUT2D eigenvalue weighted by Crippen LogP contribution is 2.23. The molecule has 0 unspecified atom stereocenters. The van der Waals surface area contributed by atoms with Crippen LogP contribution >= 0.6 is 22.6 Å². The van der Waals surface area contributed by atoms with Crippen LogP contribution in [-0.2, 0) is 4.74 Å². The largest absolute Gasteiger partial charge is 0.444 e. The van der Waals surface area contributed by atoms with Crippen LogP contribution in [0.2, 0.25) is 0 Å². The molecule has 7 heteroatoms. The Kier molecular flexibility index (Phi) is 6.22. The van der Waals surface area contributed by atoms with Crippen LogP contribution in [0.4, 0.5) is 20.6 Å². The van der Waals surface area contributed by atoms with Crippen molar-refractivity contribution in [2.75, 3.05) is 10.6 Å². The normalized spacial score (nSPS) is 11.0. The van der Waals surface area contributed by atoms with Crippen molar-refractivity contribution >= 4 is 46.0 Å². The summed E-state index contributed by atoms with van der Waals surface area (Å²) in [5, 5.41) is 5.06. The van der Waals surface area contributed by atoms with E-state index >= 15 is 0 Å². The fourth-order valence-corrected chi connectivity index (χ4v) is 2.74. The van der Waals surface area contributed by atoms with E-state index in [-0.39, 0.29) is 11.6 Å². The SMILES string of the molecule is Cc1cccc(C(=O)Nc2ccc(F)c(NC(=O)OC(C)(C)C)c2)c1I. The van der Waals surface area contributed by atoms with Crippen molar-refractivity contribution in [2.24, 2.45) is 0 Å². The van der Waals surface area contributed by atoms with Gasteiger partial charge in [0.25, 0.3) is 5.91 Å². The molecule has 138 valence electrons. The van der Waals surface area contributed by atoms with Gasteiger partial charge in [0.05, 0.1) is 11.3 Å². The Morgan fingerprint density at radius 3 is 2.46 bits per heavy atom. The minimum absolute atomic E-state index is 0.0732. The molecule has 0 aliphatic rings. The average Bonchev–Trinajstić information content (AvgIpc) is 2.51. The maximum absolute atomic E-state index is 14.0. The van der Waals surface area contributed by atoms with Gasteiger partial charge in [-0.25, -0.2) is 9.18 Å². The van der Waals surface area contributed by atoms with Crippen molar-refractivity contribution in [1.29, 1.82) is 0 Å². The van der Waals surface area contributed by atoms with Crippen LogP contribution in [0.25, 0.3) is 0 Å². The van der Waals surface area contributed by atoms with E-state index in [9.17, 15) is 14.0 Å². The van der Waals surface area contributed by atoms with Gasteiger partial charge in [-0.15, -0.1) is 0 Å². The van der Waals surface area contributed by atoms with E-state index in [0.29, 0.717) is 11.3 Å². The molecule has 2 rings (SSSR count). The van der Waals surface area contributed by atoms with Crippen LogP contribution in [0.3, 0.4) is 0 Å². The lowest BCUT2D eigenvalue weighted by atomic mass is 10.1. The van der Waals surface area contributed by atoms with Gasteiger partial charge in [0.1, 0.15) is 11.4 Å². The number of nitrogens with one attached hydrogen (secondary N) is 2. The maximum Gasteiger partial charge on any atom is 0.412 e. The molecule has 2 N–H and O–H groups in total. The predicted octanol–water partition coefficient (Wildman–Crippen LogP) is 5.34. The lowest BCUT2D eigenvalue weighted by Crippen LogP contribution is -2.27. The molecule has 0 aliphatic heterocycles. The quantitative estimate of drug-likeness (QED) is 0.596. The number of benzene rings is 2. The number of rotatable bonds is 3. The Hall–Kier alpha value is -2.16. The summed E-state index contributed by atoms with van der Waals surface area (Å²) in [5.41, 5.74) is 1.10. The summed E-state index contributed by atoms with van der Waals surface area (Å²) in [5.74, 6) is -0.938. The van der Waals surface area contributed by atoms with Gasteiger partial charge in [0.15, 0.2) is 0 Å². The monoisotopic (exact) mass is 470 g/mol. The molecule has 0 bridgehead atoms. The highest BCUT2D eigenvalue weighted by molar-refractivity contribution is 14.1. The van der Waals surface area contributed by atoms with Crippen LogP contribution in [-0.4, -0.2) is 17.6 Å². The van der Waals surface area contributed by atoms with Gasteiger partial charge in [0.2, 0.25) is 0 Å². The molecule has 5 nitrogen and oxygen atoms in total. The van der Waals surface area contributed by atoms with Crippen LogP contribution in [0, 0.1) is 16.3 Å². The smallest absolute Gasteiger partial charge is 0.412 e. The third-order valence-electron chi connectivity index (χ3n) is 3.30. The summed E-state index contributed by atoms with van der Waals surface area (Å²) in [6, 6.07) is 9.37. The number of carbonyl (C=O) groups excluding carboxylic acids is 2. The number of ether oxygens (including phenoxy) is 1. The number of anilines is 2. The summed E-state index contributed by atoms with van der Waals surface area (Å²) in [4.78, 5) is 24.3. The van der Waals surface area contributed by atoms with Gasteiger partial charge in [0, 0.05) is 9.26 Å². The Bertz CT molecular complexity index is 847. The van der Waals surface area contributed by atoms with Crippen molar-refractivity contribution < 1.29 is 18.7 Å². The van der Waals surface area contributed by atoms with E-state index in [2.05, 4.69) is 33.2 Å². The minimum atomic E-state index is -0.770. The Balaban J connectivity index is 2.17. The lowest BCUT2D eigenvalue weighted by Gasteiger charge is -2.20. The highest BCUT2D eigenvalue weighted by Gasteiger charge is 2.18. The molecule has 2 aromatic rings. The van der Waals surface area contributed by atoms with Crippen LogP contribution in [0.1, 0.15) is 36.7 Å². The standard InChI is InChI=1S/C19H20FIN2O3/c1-11-6-5-7-13(16(11)21)17(24)22-12-8-9-14(20)15(10-12)23-18(25)26-19(2,3)4/h5-10H,1-4H3,(H,22,24)(H,23,25). The van der Waals surface area contributed by atoms with E-state index in [0.717, 1.165) is 9.13 Å². The van der Waals surface area contributed by atoms with Crippen molar-refractivity contribution in [3.8, 4) is 0 Å². The first-order valence-corrected chi connectivity index (χ1v) is 9.01. The molecule has 26 heavy (non-hydrogen) atoms. The van der Waals surface area contributed by atoms with Crippen molar-refractivity contribution in [1.82, 2.24) is 0 Å². The Morgan fingerprint density at radius 1 is 1.12 bits per heavy atom. The number of halogens is 2. The molecule has 2 amide bonds. The first-order valence-electron chi connectivity index (χ1n) is 7.93. The Labute approximate surface area is 165 Å². The fraction of sp³-hybridized carbons (Fsp3) is 0.263. The van der Waals surface area contributed by atoms with E-state index in [1.165, 1.54) is 18.2 Å². The summed E-state index contributed by atoms with van der Waals surface area (Å²) >= 11 is 2.11. The summed E-state index contributed by atoms with van der Waals surface area (Å²) in [6.07, 6.45) is -0.770. The van der Waals surface area contributed by atoms with E-state index in [1.54, 1.807) is 32.9 Å². The van der Waals surface area contributed by atoms with Crippen LogP contribution in [0.15, 0.2) is 36.4 Å². The zero-order valence-corrected chi connectivity index (χ0v) is 17.1. The van der Waals surface area contributed by atoms with Gasteiger partial charge in [-0.2, -0.15) is 0 Å². The zero-order chi connectivity index (χ0) is 19.5. The van der Waals surface area contributed by atoms with Crippen molar-refractivity contribution in [3.05, 3.63) is 56.9 Å². The lowest BCUT2D eigenvalue weighted by molar-refractivity contribution is 0.0635. The van der Waals surface area contributed by atoms with E-state index < -0.39 is 17.5 Å². The van der Waals surface area contributed by atoms with Gasteiger partial charge in [-0.1, -0.05) is 12.1 Å². The molecule has 0 radical (unpaired) electrons. The highest BCUT2D eigenvalue weighted by atomic mass is 127. The minimum Gasteiger partial charge on any atom is -0.444 e. The summed E-state index contributed by atoms with van der Waals surface area (Å²) in [7, 11) is 0. The second kappa shape index (κ2) is 8.03. The van der Waals surface area contributed by atoms with Gasteiger partial charge < -0.3 is 10.1 Å². The van der Waals surface area contributed by atoms with Gasteiger partial charge in [-0.3, -0.25) is 10.1 Å². The third kappa shape index (κ3) is 5.42. The topological polar surface area (TPSA) is 67.4 Å². The zero-order valence-electron chi connectivity index (χ0n) is 14.9. The van der Waals surface area contributed by atoms with Crippen molar-refractivity contribution in [2.45, 2.75) is 33.3 Å². The van der Waals surface area contributed by atoms with Crippen LogP contribution in [0.5, 0.6) is 0 Å². The van der Waals surface area contributed by atoms with Crippen molar-refractivity contribution in [3.63, 3.8) is 0 Å². The molecule has 0 spiro atoms. The molecule has 0 saturated carbocycles. The number of carbonyl (C=O) groups is 2. The first-order chi connectivity index (χ1) is 12.1. The van der Waals surface area contributed by atoms with Crippen LogP contribution < -0.4 is 10.6 Å². The third-order valence-corrected chi connectivity index (χ3v) is 4.73. The molecular formula is C19H20FIN2O3. The first kappa shape index (κ1) is 20.2. The van der Waals surface area contributed by atoms with E-state index in [1.807, 2.05) is 13.0 Å². The molecular weight excluding hydrogens is 450 g/mol. The second-order valence-corrected chi connectivity index (χ2v) is 7.79. The second-order valence-electron chi connectivity index (χ2n) is 6.71. The number of aryl methyl sites for hydroxylation is 1. The van der Waals surface area contributed by atoms with Gasteiger partial charge in [-0.05, 0) is 80.1 Å². The molecule has 2 aromatic carbocycles. The predicted molar refractivity (Wildman–Crippen MR) is 108 cm³/mol. The maximum atomic E-state index is 14.0. The Morgan fingerprint density at radius 2 is 1.81 bits per heavy atom. The summed E-state index contributed by atoms with van der Waals surface area (Å²) < 4.78 is 19.9. The number of hydrogen-bond acceptors (Lipinski definition) is 3. The molecule has 0 aliphatic carbocycles. The van der Waals surface area contributed by atoms with Gasteiger partial charge >= 0.3 is 6.09 Å². The molecule has 0 heterocycles. The average molecular weight is 470 g/mol. The number of amides is 2. The molecule has 0 aromatic heterocycles. The number of hydrogen-bond donors (Lipinski definition) is 2. The molecule has 0 fully saturated rings. The van der Waals surface area contributed by atoms with E-state index in [4.69, 9.17) is 4.74 Å². The fourth-order valence-electron chi connectivity index (χ4n) is 2.13. The molecule has 0 atom stereocenters. The summed E-state index contributed by atoms with van der Waals surface area (Å²) in [6.45, 7) is 7.05. The molecule has 0 saturated heterocycles.